The first-order valence-corrected chi connectivity index (χ1v) is 15.7. The van der Waals surface area contributed by atoms with Gasteiger partial charge in [0.15, 0.2) is 20.9 Å². The molecule has 1 aliphatic carbocycles. The molecule has 1 amide bonds. The number of hydroxylamine groups is 1. The van der Waals surface area contributed by atoms with E-state index in [0.717, 1.165) is 37.5 Å². The minimum absolute atomic E-state index is 0.0780. The van der Waals surface area contributed by atoms with Gasteiger partial charge in [0.2, 0.25) is 0 Å². The Morgan fingerprint density at radius 2 is 2.00 bits per heavy atom. The maximum absolute atomic E-state index is 14.9. The fourth-order valence-corrected chi connectivity index (χ4v) is 5.61. The highest BCUT2D eigenvalue weighted by molar-refractivity contribution is 7.92. The number of ether oxygens (including phenoxy) is 1. The molecule has 2 heterocycles. The molecule has 2 atom stereocenters. The van der Waals surface area contributed by atoms with E-state index in [1.54, 1.807) is 24.3 Å². The van der Waals surface area contributed by atoms with E-state index in [1.165, 1.54) is 23.9 Å². The summed E-state index contributed by atoms with van der Waals surface area (Å²) in [5.41, 5.74) is 4.09. The molecule has 0 bridgehead atoms. The van der Waals surface area contributed by atoms with Crippen molar-refractivity contribution in [1.29, 1.82) is 0 Å². The molecule has 1 saturated heterocycles. The number of halogens is 1. The molecule has 0 spiro atoms. The number of nitrogens with one attached hydrogen (secondary N) is 2. The predicted molar refractivity (Wildman–Crippen MR) is 152 cm³/mol. The Morgan fingerprint density at radius 1 is 1.20 bits per heavy atom. The van der Waals surface area contributed by atoms with Gasteiger partial charge in [-0.05, 0) is 68.4 Å². The van der Waals surface area contributed by atoms with Gasteiger partial charge in [-0.2, -0.15) is 0 Å². The van der Waals surface area contributed by atoms with E-state index in [4.69, 9.17) is 9.57 Å². The van der Waals surface area contributed by atoms with Gasteiger partial charge in [0.05, 0.1) is 17.2 Å². The van der Waals surface area contributed by atoms with Gasteiger partial charge in [0, 0.05) is 44.0 Å². The number of fused-ring (bicyclic) bond motifs is 1. The smallest absolute Gasteiger partial charge is 0.264 e. The Bertz CT molecular complexity index is 1600. The van der Waals surface area contributed by atoms with Gasteiger partial charge < -0.3 is 10.1 Å². The number of benzene rings is 2. The summed E-state index contributed by atoms with van der Waals surface area (Å²) in [6.45, 7) is 2.34. The molecule has 2 aromatic carbocycles. The number of nitrogens with zero attached hydrogens (tertiary/aromatic N) is 2. The number of amides is 1. The Morgan fingerprint density at radius 3 is 2.68 bits per heavy atom. The lowest BCUT2D eigenvalue weighted by molar-refractivity contribution is -0.201. The largest absolute Gasteiger partial charge is 0.350 e. The molecular weight excluding hydrogens is 551 g/mol. The summed E-state index contributed by atoms with van der Waals surface area (Å²) in [6, 6.07) is 10.5. The second-order valence-corrected chi connectivity index (χ2v) is 13.5. The highest BCUT2D eigenvalue weighted by Crippen LogP contribution is 2.27. The lowest BCUT2D eigenvalue weighted by Gasteiger charge is -2.28. The van der Waals surface area contributed by atoms with E-state index in [0.29, 0.717) is 47.6 Å². The Balaban J connectivity index is 1.30. The van der Waals surface area contributed by atoms with Crippen LogP contribution >= 0.6 is 0 Å². The zero-order chi connectivity index (χ0) is 29.2. The van der Waals surface area contributed by atoms with E-state index in [1.807, 2.05) is 6.07 Å². The standard InChI is InChI=1S/C29H35FN4O6S/c1-29(41(2,37)38,28(36)33-40-26-5-3-4-14-39-26)12-13-34-18-32-25-16-20(7-11-23(25)27(34)35)22-10-6-19(15-24(22)30)17-31-21-8-9-21/h6-7,10-11,15-16,18,21,26,31H,3-5,8-9,12-14,17H2,1-2H3,(H,33,36)/t26?,29-/m1/s1. The van der Waals surface area contributed by atoms with Gasteiger partial charge in [-0.15, -0.1) is 0 Å². The molecule has 1 unspecified atom stereocenters. The number of carbonyl (C=O) groups excluding carboxylic acids is 1. The first-order chi connectivity index (χ1) is 19.5. The van der Waals surface area contributed by atoms with Gasteiger partial charge in [-0.1, -0.05) is 18.2 Å². The van der Waals surface area contributed by atoms with Crippen molar-refractivity contribution in [2.24, 2.45) is 0 Å². The van der Waals surface area contributed by atoms with Crippen molar-refractivity contribution in [2.75, 3.05) is 12.9 Å². The summed E-state index contributed by atoms with van der Waals surface area (Å²) in [6.07, 6.45) is 6.14. The molecule has 1 aliphatic heterocycles. The van der Waals surface area contributed by atoms with Crippen molar-refractivity contribution < 1.29 is 27.2 Å². The van der Waals surface area contributed by atoms with Gasteiger partial charge in [-0.3, -0.25) is 14.2 Å². The molecule has 3 aromatic rings. The molecule has 2 fully saturated rings. The van der Waals surface area contributed by atoms with E-state index < -0.39 is 32.3 Å². The first-order valence-electron chi connectivity index (χ1n) is 13.8. The molecule has 2 aliphatic rings. The normalized spacial score (nSPS) is 19.1. The van der Waals surface area contributed by atoms with Crippen LogP contribution in [0.1, 0.15) is 51.0 Å². The summed E-state index contributed by atoms with van der Waals surface area (Å²) in [5, 5.41) is 3.66. The number of hydrogen-bond acceptors (Lipinski definition) is 8. The van der Waals surface area contributed by atoms with E-state index in [-0.39, 0.29) is 18.8 Å². The number of sulfone groups is 1. The van der Waals surface area contributed by atoms with Crippen molar-refractivity contribution in [2.45, 2.75) is 75.6 Å². The Kier molecular flexibility index (Phi) is 8.55. The van der Waals surface area contributed by atoms with Crippen LogP contribution in [-0.4, -0.2) is 53.8 Å². The van der Waals surface area contributed by atoms with Crippen LogP contribution in [0.3, 0.4) is 0 Å². The van der Waals surface area contributed by atoms with E-state index in [2.05, 4.69) is 15.8 Å². The third-order valence-corrected chi connectivity index (χ3v) is 9.92. The molecule has 1 aromatic heterocycles. The first kappa shape index (κ1) is 29.3. The van der Waals surface area contributed by atoms with Crippen LogP contribution in [0.15, 0.2) is 47.5 Å². The molecule has 10 nitrogen and oxygen atoms in total. The summed E-state index contributed by atoms with van der Waals surface area (Å²) < 4.78 is 45.1. The molecule has 1 saturated carbocycles. The van der Waals surface area contributed by atoms with Gasteiger partial charge in [0.1, 0.15) is 5.82 Å². The number of aromatic nitrogens is 2. The van der Waals surface area contributed by atoms with Crippen molar-refractivity contribution in [3.05, 3.63) is 64.5 Å². The fourth-order valence-electron chi connectivity index (χ4n) is 4.77. The minimum atomic E-state index is -3.90. The van der Waals surface area contributed by atoms with Crippen LogP contribution in [0.2, 0.25) is 0 Å². The van der Waals surface area contributed by atoms with Crippen molar-refractivity contribution in [3.8, 4) is 11.1 Å². The molecule has 5 rings (SSSR count). The van der Waals surface area contributed by atoms with Crippen molar-refractivity contribution >= 4 is 26.6 Å². The van der Waals surface area contributed by atoms with Gasteiger partial charge >= 0.3 is 0 Å². The monoisotopic (exact) mass is 586 g/mol. The van der Waals surface area contributed by atoms with Crippen LogP contribution in [0, 0.1) is 5.82 Å². The average molecular weight is 587 g/mol. The third kappa shape index (κ3) is 6.66. The number of rotatable bonds is 11. The van der Waals surface area contributed by atoms with Gasteiger partial charge in [-0.25, -0.2) is 28.1 Å². The van der Waals surface area contributed by atoms with Crippen LogP contribution < -0.4 is 16.4 Å². The topological polar surface area (TPSA) is 129 Å². The highest BCUT2D eigenvalue weighted by Gasteiger charge is 2.44. The maximum atomic E-state index is 14.9. The quantitative estimate of drug-likeness (QED) is 0.328. The average Bonchev–Trinajstić information content (AvgIpc) is 3.79. The lowest BCUT2D eigenvalue weighted by atomic mass is 10.0. The fraction of sp³-hybridized carbons (Fsp3) is 0.483. The summed E-state index contributed by atoms with van der Waals surface area (Å²) >= 11 is 0. The zero-order valence-electron chi connectivity index (χ0n) is 23.2. The molecule has 41 heavy (non-hydrogen) atoms. The minimum Gasteiger partial charge on any atom is -0.350 e. The predicted octanol–water partition coefficient (Wildman–Crippen LogP) is 3.22. The Labute approximate surface area is 238 Å². The SMILES string of the molecule is C[C@@](CCn1cnc2cc(-c3ccc(CNC4CC4)cc3F)ccc2c1=O)(C(=O)NOC1CCCCO1)S(C)(=O)=O. The summed E-state index contributed by atoms with van der Waals surface area (Å²) in [4.78, 5) is 35.9. The molecule has 2 N–H and O–H groups in total. The number of hydrogen-bond donors (Lipinski definition) is 2. The molecule has 12 heteroatoms. The second-order valence-electron chi connectivity index (χ2n) is 11.0. The lowest BCUT2D eigenvalue weighted by Crippen LogP contribution is -2.51. The highest BCUT2D eigenvalue weighted by atomic mass is 32.2. The molecule has 220 valence electrons. The van der Waals surface area contributed by atoms with Gasteiger partial charge in [0.25, 0.3) is 11.5 Å². The van der Waals surface area contributed by atoms with E-state index >= 15 is 0 Å². The second kappa shape index (κ2) is 12.0. The number of aryl methyl sites for hydroxylation is 1. The third-order valence-electron chi connectivity index (χ3n) is 7.89. The van der Waals surface area contributed by atoms with Crippen LogP contribution in [0.25, 0.3) is 22.0 Å². The zero-order valence-corrected chi connectivity index (χ0v) is 24.0. The summed E-state index contributed by atoms with van der Waals surface area (Å²) in [7, 11) is -3.90. The van der Waals surface area contributed by atoms with Crippen LogP contribution in [0.4, 0.5) is 4.39 Å². The molecule has 0 radical (unpaired) electrons. The molecular formula is C29H35FN4O6S. The van der Waals surface area contributed by atoms with Crippen molar-refractivity contribution in [3.63, 3.8) is 0 Å². The van der Waals surface area contributed by atoms with E-state index in [9.17, 15) is 22.4 Å². The maximum Gasteiger partial charge on any atom is 0.264 e. The Hall–Kier alpha value is -3.19. The van der Waals surface area contributed by atoms with Crippen LogP contribution in [0.5, 0.6) is 0 Å². The summed E-state index contributed by atoms with van der Waals surface area (Å²) in [5.74, 6) is -1.19. The van der Waals surface area contributed by atoms with Crippen LogP contribution in [-0.2, 0) is 37.3 Å². The number of carbonyl (C=O) groups is 1. The van der Waals surface area contributed by atoms with Crippen molar-refractivity contribution in [1.82, 2.24) is 20.3 Å².